The number of hydrogen-bond acceptors (Lipinski definition) is 3. The van der Waals surface area contributed by atoms with Crippen molar-refractivity contribution in [3.8, 4) is 11.3 Å². The van der Waals surface area contributed by atoms with Crippen LogP contribution in [0.5, 0.6) is 0 Å². The first-order valence-electron chi connectivity index (χ1n) is 11.1. The lowest BCUT2D eigenvalue weighted by atomic mass is 9.87. The zero-order valence-electron chi connectivity index (χ0n) is 16.9. The number of aromatic nitrogens is 2. The number of H-pyrrole nitrogens is 1. The molecule has 1 saturated heterocycles. The van der Waals surface area contributed by atoms with Crippen molar-refractivity contribution in [1.82, 2.24) is 15.1 Å². The van der Waals surface area contributed by atoms with E-state index in [1.165, 1.54) is 47.5 Å². The average molecular weight is 385 g/mol. The van der Waals surface area contributed by atoms with Crippen molar-refractivity contribution in [3.05, 3.63) is 70.8 Å². The van der Waals surface area contributed by atoms with Crippen LogP contribution >= 0.6 is 0 Å². The summed E-state index contributed by atoms with van der Waals surface area (Å²) in [6.45, 7) is 4.45. The van der Waals surface area contributed by atoms with Crippen molar-refractivity contribution in [2.45, 2.75) is 38.1 Å². The number of aryl methyl sites for hydroxylation is 2. The summed E-state index contributed by atoms with van der Waals surface area (Å²) in [7, 11) is 0. The molecule has 4 nitrogen and oxygen atoms in total. The van der Waals surface area contributed by atoms with E-state index in [1.54, 1.807) is 11.1 Å². The molecule has 0 radical (unpaired) electrons. The van der Waals surface area contributed by atoms with E-state index >= 15 is 0 Å². The third-order valence-electron chi connectivity index (χ3n) is 7.23. The van der Waals surface area contributed by atoms with E-state index in [1.807, 2.05) is 0 Å². The highest BCUT2D eigenvalue weighted by molar-refractivity contribution is 5.74. The number of fused-ring (bicyclic) bond motifs is 4. The van der Waals surface area contributed by atoms with Crippen molar-refractivity contribution >= 4 is 5.82 Å². The molecule has 0 amide bonds. The molecule has 2 aliphatic carbocycles. The molecule has 3 aliphatic rings. The van der Waals surface area contributed by atoms with E-state index in [2.05, 4.69) is 63.4 Å². The summed E-state index contributed by atoms with van der Waals surface area (Å²) in [6.07, 6.45) is 5.96. The summed E-state index contributed by atoms with van der Waals surface area (Å²) in [4.78, 5) is 5.23. The van der Waals surface area contributed by atoms with Crippen molar-refractivity contribution in [1.29, 1.82) is 0 Å². The quantitative estimate of drug-likeness (QED) is 0.729. The van der Waals surface area contributed by atoms with Crippen LogP contribution in [0.1, 0.15) is 28.7 Å². The molecular formula is C25H28N4. The number of hydrogen-bond donors (Lipinski definition) is 1. The molecule has 3 aromatic rings. The maximum atomic E-state index is 4.77. The van der Waals surface area contributed by atoms with Gasteiger partial charge in [0.05, 0.1) is 5.69 Å². The van der Waals surface area contributed by atoms with Gasteiger partial charge in [0, 0.05) is 43.3 Å². The second kappa shape index (κ2) is 7.03. The SMILES string of the molecule is c1ccc2c(c1)CCC(N1CCN(c3n[nH]c4c3CCc3ccccc3-4)CC1)C2. The normalized spacial score (nSPS) is 21.4. The topological polar surface area (TPSA) is 35.2 Å². The van der Waals surface area contributed by atoms with Crippen molar-refractivity contribution in [3.63, 3.8) is 0 Å². The summed E-state index contributed by atoms with van der Waals surface area (Å²) >= 11 is 0. The van der Waals surface area contributed by atoms with Crippen LogP contribution in [0.2, 0.25) is 0 Å². The third kappa shape index (κ3) is 2.98. The maximum absolute atomic E-state index is 4.77. The highest BCUT2D eigenvalue weighted by Gasteiger charge is 2.30. The van der Waals surface area contributed by atoms with Crippen molar-refractivity contribution in [2.24, 2.45) is 0 Å². The van der Waals surface area contributed by atoms with Gasteiger partial charge in [-0.2, -0.15) is 5.10 Å². The average Bonchev–Trinajstić information content (AvgIpc) is 3.23. The number of piperazine rings is 1. The Morgan fingerprint density at radius 3 is 2.41 bits per heavy atom. The first kappa shape index (κ1) is 17.3. The predicted molar refractivity (Wildman–Crippen MR) is 117 cm³/mol. The highest BCUT2D eigenvalue weighted by Crippen LogP contribution is 2.37. The van der Waals surface area contributed by atoms with Gasteiger partial charge >= 0.3 is 0 Å². The molecule has 1 N–H and O–H groups in total. The van der Waals surface area contributed by atoms with Crippen LogP contribution in [-0.2, 0) is 25.7 Å². The van der Waals surface area contributed by atoms with Crippen LogP contribution < -0.4 is 4.90 Å². The Balaban J connectivity index is 1.16. The summed E-state index contributed by atoms with van der Waals surface area (Å²) in [6, 6.07) is 18.5. The molecular weight excluding hydrogens is 356 g/mol. The molecule has 1 aliphatic heterocycles. The number of nitrogens with zero attached hydrogens (tertiary/aromatic N) is 3. The molecule has 0 saturated carbocycles. The maximum Gasteiger partial charge on any atom is 0.154 e. The number of nitrogens with one attached hydrogen (secondary N) is 1. The van der Waals surface area contributed by atoms with Gasteiger partial charge in [0.2, 0.25) is 0 Å². The lowest BCUT2D eigenvalue weighted by molar-refractivity contribution is 0.169. The van der Waals surface area contributed by atoms with E-state index in [-0.39, 0.29) is 0 Å². The van der Waals surface area contributed by atoms with E-state index in [9.17, 15) is 0 Å². The van der Waals surface area contributed by atoms with E-state index in [0.717, 1.165) is 39.0 Å². The summed E-state index contributed by atoms with van der Waals surface area (Å²) in [5.41, 5.74) is 8.57. The van der Waals surface area contributed by atoms with Crippen LogP contribution in [0.3, 0.4) is 0 Å². The molecule has 1 atom stereocenters. The Labute approximate surface area is 172 Å². The second-order valence-electron chi connectivity index (χ2n) is 8.75. The van der Waals surface area contributed by atoms with E-state index in [4.69, 9.17) is 5.10 Å². The standard InChI is InChI=1S/C25H28N4/c1-2-7-20-17-21(11-9-18(20)5-1)28-13-15-29(16-14-28)25-23-12-10-19-6-3-4-8-22(19)24(23)26-27-25/h1-8,21H,9-17H2,(H,26,27). The Kier molecular flexibility index (Phi) is 4.19. The molecule has 1 aromatic heterocycles. The fourth-order valence-electron chi connectivity index (χ4n) is 5.61. The van der Waals surface area contributed by atoms with Gasteiger partial charge < -0.3 is 4.90 Å². The lowest BCUT2D eigenvalue weighted by Gasteiger charge is -2.41. The van der Waals surface area contributed by atoms with E-state index in [0.29, 0.717) is 6.04 Å². The molecule has 1 unspecified atom stereocenters. The van der Waals surface area contributed by atoms with Gasteiger partial charge in [0.25, 0.3) is 0 Å². The molecule has 2 aromatic carbocycles. The first-order chi connectivity index (χ1) is 14.4. The van der Waals surface area contributed by atoms with Gasteiger partial charge in [-0.3, -0.25) is 10.00 Å². The summed E-state index contributed by atoms with van der Waals surface area (Å²) < 4.78 is 0. The third-order valence-corrected chi connectivity index (χ3v) is 7.23. The fourth-order valence-corrected chi connectivity index (χ4v) is 5.61. The van der Waals surface area contributed by atoms with Gasteiger partial charge in [-0.1, -0.05) is 48.5 Å². The zero-order chi connectivity index (χ0) is 19.2. The Morgan fingerprint density at radius 2 is 1.55 bits per heavy atom. The van der Waals surface area contributed by atoms with Gasteiger partial charge in [-0.05, 0) is 48.8 Å². The number of aromatic amines is 1. The Bertz CT molecular complexity index is 1030. The predicted octanol–water partition coefficient (Wildman–Crippen LogP) is 3.85. The Morgan fingerprint density at radius 1 is 0.793 bits per heavy atom. The van der Waals surface area contributed by atoms with Crippen LogP contribution in [0, 0.1) is 0 Å². The van der Waals surface area contributed by atoms with Crippen molar-refractivity contribution < 1.29 is 0 Å². The number of anilines is 1. The van der Waals surface area contributed by atoms with E-state index < -0.39 is 0 Å². The summed E-state index contributed by atoms with van der Waals surface area (Å²) in [5.74, 6) is 1.20. The largest absolute Gasteiger partial charge is 0.352 e. The molecule has 2 heterocycles. The van der Waals surface area contributed by atoms with Gasteiger partial charge in [0.15, 0.2) is 5.82 Å². The van der Waals surface area contributed by atoms with Gasteiger partial charge in [-0.15, -0.1) is 0 Å². The smallest absolute Gasteiger partial charge is 0.154 e. The Hall–Kier alpha value is -2.59. The minimum absolute atomic E-state index is 0.701. The van der Waals surface area contributed by atoms with Gasteiger partial charge in [0.1, 0.15) is 0 Å². The first-order valence-corrected chi connectivity index (χ1v) is 11.1. The lowest BCUT2D eigenvalue weighted by Crippen LogP contribution is -2.52. The van der Waals surface area contributed by atoms with Crippen LogP contribution in [0.4, 0.5) is 5.82 Å². The second-order valence-corrected chi connectivity index (χ2v) is 8.75. The minimum Gasteiger partial charge on any atom is -0.352 e. The molecule has 0 bridgehead atoms. The van der Waals surface area contributed by atoms with Crippen LogP contribution in [-0.4, -0.2) is 47.3 Å². The highest BCUT2D eigenvalue weighted by atomic mass is 15.3. The van der Waals surface area contributed by atoms with Crippen LogP contribution in [0.25, 0.3) is 11.3 Å². The molecule has 1 fully saturated rings. The van der Waals surface area contributed by atoms with Gasteiger partial charge in [-0.25, -0.2) is 0 Å². The number of rotatable bonds is 2. The van der Waals surface area contributed by atoms with Crippen molar-refractivity contribution in [2.75, 3.05) is 31.1 Å². The monoisotopic (exact) mass is 384 g/mol. The molecule has 148 valence electrons. The molecule has 29 heavy (non-hydrogen) atoms. The van der Waals surface area contributed by atoms with Crippen LogP contribution in [0.15, 0.2) is 48.5 Å². The zero-order valence-corrected chi connectivity index (χ0v) is 16.9. The fraction of sp³-hybridized carbons (Fsp3) is 0.400. The number of benzene rings is 2. The molecule has 4 heteroatoms. The minimum atomic E-state index is 0.701. The molecule has 0 spiro atoms. The summed E-state index contributed by atoms with van der Waals surface area (Å²) in [5, 5.41) is 8.13. The molecule has 6 rings (SSSR count).